The lowest BCUT2D eigenvalue weighted by atomic mass is 10.0. The molecule has 0 spiro atoms. The highest BCUT2D eigenvalue weighted by molar-refractivity contribution is 5.45. The maximum absolute atomic E-state index is 12.7. The monoisotopic (exact) mass is 272 g/mol. The molecule has 0 aromatic heterocycles. The number of nitrogen functional groups attached to an aromatic ring is 1. The van der Waals surface area contributed by atoms with E-state index in [4.69, 9.17) is 5.73 Å². The van der Waals surface area contributed by atoms with E-state index in [1.54, 1.807) is 6.07 Å². The summed E-state index contributed by atoms with van der Waals surface area (Å²) >= 11 is 0. The van der Waals surface area contributed by atoms with Gasteiger partial charge in [0.15, 0.2) is 0 Å². The maximum atomic E-state index is 12.7. The van der Waals surface area contributed by atoms with Gasteiger partial charge in [-0.05, 0) is 69.1 Å². The second kappa shape index (κ2) is 5.82. The van der Waals surface area contributed by atoms with Gasteiger partial charge in [0, 0.05) is 5.69 Å². The van der Waals surface area contributed by atoms with Crippen LogP contribution in [0.5, 0.6) is 0 Å². The van der Waals surface area contributed by atoms with Gasteiger partial charge < -0.3 is 10.6 Å². The summed E-state index contributed by atoms with van der Waals surface area (Å²) in [5, 5.41) is 0. The SMILES string of the molecule is Nc1cc(CCCN2CCCC2)cc(C(F)(F)F)c1. The molecule has 0 unspecified atom stereocenters. The van der Waals surface area contributed by atoms with E-state index < -0.39 is 11.7 Å². The molecule has 0 amide bonds. The highest BCUT2D eigenvalue weighted by Gasteiger charge is 2.30. The fourth-order valence-corrected chi connectivity index (χ4v) is 2.54. The van der Waals surface area contributed by atoms with Crippen molar-refractivity contribution in [2.45, 2.75) is 31.9 Å². The molecule has 1 aromatic rings. The van der Waals surface area contributed by atoms with Gasteiger partial charge >= 0.3 is 6.18 Å². The molecule has 0 saturated carbocycles. The van der Waals surface area contributed by atoms with Gasteiger partial charge in [-0.3, -0.25) is 0 Å². The minimum atomic E-state index is -4.32. The first kappa shape index (κ1) is 14.2. The summed E-state index contributed by atoms with van der Waals surface area (Å²) in [4.78, 5) is 2.36. The van der Waals surface area contributed by atoms with Crippen molar-refractivity contribution < 1.29 is 13.2 Å². The first-order chi connectivity index (χ1) is 8.95. The lowest BCUT2D eigenvalue weighted by Crippen LogP contribution is -2.20. The second-order valence-corrected chi connectivity index (χ2v) is 5.11. The highest BCUT2D eigenvalue weighted by atomic mass is 19.4. The van der Waals surface area contributed by atoms with Crippen LogP contribution in [0.15, 0.2) is 18.2 Å². The number of benzene rings is 1. The fraction of sp³-hybridized carbons (Fsp3) is 0.571. The van der Waals surface area contributed by atoms with Crippen LogP contribution in [-0.2, 0) is 12.6 Å². The molecule has 106 valence electrons. The molecule has 1 aliphatic heterocycles. The van der Waals surface area contributed by atoms with Crippen molar-refractivity contribution in [3.63, 3.8) is 0 Å². The van der Waals surface area contributed by atoms with E-state index in [1.807, 2.05) is 0 Å². The van der Waals surface area contributed by atoms with Crippen molar-refractivity contribution in [3.8, 4) is 0 Å². The Balaban J connectivity index is 1.94. The van der Waals surface area contributed by atoms with Crippen molar-refractivity contribution >= 4 is 5.69 Å². The van der Waals surface area contributed by atoms with Crippen LogP contribution >= 0.6 is 0 Å². The summed E-state index contributed by atoms with van der Waals surface area (Å²) < 4.78 is 38.0. The van der Waals surface area contributed by atoms with Crippen LogP contribution in [0, 0.1) is 0 Å². The number of nitrogens with two attached hydrogens (primary N) is 1. The smallest absolute Gasteiger partial charge is 0.399 e. The van der Waals surface area contributed by atoms with Crippen molar-refractivity contribution in [1.82, 2.24) is 4.90 Å². The molecule has 2 rings (SSSR count). The third-order valence-electron chi connectivity index (χ3n) is 3.48. The number of likely N-dealkylation sites (tertiary alicyclic amines) is 1. The molecule has 1 aliphatic rings. The third-order valence-corrected chi connectivity index (χ3v) is 3.48. The number of alkyl halides is 3. The van der Waals surface area contributed by atoms with E-state index in [-0.39, 0.29) is 5.69 Å². The quantitative estimate of drug-likeness (QED) is 0.852. The van der Waals surface area contributed by atoms with Gasteiger partial charge in [0.1, 0.15) is 0 Å². The first-order valence-electron chi connectivity index (χ1n) is 6.64. The standard InChI is InChI=1S/C14H19F3N2/c15-14(16,17)12-8-11(9-13(18)10-12)4-3-7-19-5-1-2-6-19/h8-10H,1-7,18H2. The summed E-state index contributed by atoms with van der Waals surface area (Å²) in [5.41, 5.74) is 5.75. The number of rotatable bonds is 4. The molecule has 2 N–H and O–H groups in total. The van der Waals surface area contributed by atoms with Crippen LogP contribution in [0.4, 0.5) is 18.9 Å². The predicted molar refractivity (Wildman–Crippen MR) is 69.9 cm³/mol. The average molecular weight is 272 g/mol. The van der Waals surface area contributed by atoms with Gasteiger partial charge in [-0.25, -0.2) is 0 Å². The molecule has 0 aliphatic carbocycles. The van der Waals surface area contributed by atoms with Crippen LogP contribution in [0.25, 0.3) is 0 Å². The van der Waals surface area contributed by atoms with E-state index >= 15 is 0 Å². The molecule has 1 fully saturated rings. The van der Waals surface area contributed by atoms with E-state index in [1.165, 1.54) is 18.9 Å². The summed E-state index contributed by atoms with van der Waals surface area (Å²) in [6, 6.07) is 3.84. The Kier molecular flexibility index (Phi) is 4.34. The molecular weight excluding hydrogens is 253 g/mol. The van der Waals surface area contributed by atoms with Gasteiger partial charge in [-0.2, -0.15) is 13.2 Å². The van der Waals surface area contributed by atoms with Gasteiger partial charge in [-0.1, -0.05) is 0 Å². The zero-order chi connectivity index (χ0) is 13.9. The van der Waals surface area contributed by atoms with Crippen molar-refractivity contribution in [1.29, 1.82) is 0 Å². The van der Waals surface area contributed by atoms with Crippen molar-refractivity contribution in [2.75, 3.05) is 25.4 Å². The molecule has 0 atom stereocenters. The summed E-state index contributed by atoms with van der Waals surface area (Å²) in [5.74, 6) is 0. The topological polar surface area (TPSA) is 29.3 Å². The van der Waals surface area contributed by atoms with Gasteiger partial charge in [0.25, 0.3) is 0 Å². The Morgan fingerprint density at radius 1 is 1.11 bits per heavy atom. The summed E-state index contributed by atoms with van der Waals surface area (Å²) in [6.07, 6.45) is -0.336. The number of anilines is 1. The number of aryl methyl sites for hydroxylation is 1. The molecule has 5 heteroatoms. The summed E-state index contributed by atoms with van der Waals surface area (Å²) in [6.45, 7) is 3.19. The Morgan fingerprint density at radius 3 is 2.42 bits per heavy atom. The van der Waals surface area contributed by atoms with Crippen LogP contribution in [0.1, 0.15) is 30.4 Å². The molecule has 1 saturated heterocycles. The molecule has 19 heavy (non-hydrogen) atoms. The van der Waals surface area contributed by atoms with E-state index in [9.17, 15) is 13.2 Å². The van der Waals surface area contributed by atoms with Crippen LogP contribution in [0.3, 0.4) is 0 Å². The van der Waals surface area contributed by atoms with E-state index in [0.29, 0.717) is 12.0 Å². The van der Waals surface area contributed by atoms with Crippen molar-refractivity contribution in [2.24, 2.45) is 0 Å². The minimum Gasteiger partial charge on any atom is -0.399 e. The number of halogens is 3. The van der Waals surface area contributed by atoms with Gasteiger partial charge in [0.2, 0.25) is 0 Å². The van der Waals surface area contributed by atoms with E-state index in [2.05, 4.69) is 4.90 Å². The lowest BCUT2D eigenvalue weighted by molar-refractivity contribution is -0.137. The van der Waals surface area contributed by atoms with Crippen LogP contribution in [0.2, 0.25) is 0 Å². The number of hydrogen-bond donors (Lipinski definition) is 1. The number of hydrogen-bond acceptors (Lipinski definition) is 2. The van der Waals surface area contributed by atoms with Crippen LogP contribution in [-0.4, -0.2) is 24.5 Å². The van der Waals surface area contributed by atoms with Crippen molar-refractivity contribution in [3.05, 3.63) is 29.3 Å². The van der Waals surface area contributed by atoms with Crippen LogP contribution < -0.4 is 5.73 Å². The van der Waals surface area contributed by atoms with Gasteiger partial charge in [-0.15, -0.1) is 0 Å². The predicted octanol–water partition coefficient (Wildman–Crippen LogP) is 3.32. The lowest BCUT2D eigenvalue weighted by Gasteiger charge is -2.15. The fourth-order valence-electron chi connectivity index (χ4n) is 2.54. The minimum absolute atomic E-state index is 0.186. The average Bonchev–Trinajstić information content (AvgIpc) is 2.80. The molecule has 1 heterocycles. The molecule has 1 aromatic carbocycles. The largest absolute Gasteiger partial charge is 0.416 e. The zero-order valence-electron chi connectivity index (χ0n) is 10.8. The molecule has 0 bridgehead atoms. The molecule has 2 nitrogen and oxygen atoms in total. The summed E-state index contributed by atoms with van der Waals surface area (Å²) in [7, 11) is 0. The second-order valence-electron chi connectivity index (χ2n) is 5.11. The molecular formula is C14H19F3N2. The zero-order valence-corrected chi connectivity index (χ0v) is 10.8. The first-order valence-corrected chi connectivity index (χ1v) is 6.64. The molecule has 0 radical (unpaired) electrons. The Hall–Kier alpha value is -1.23. The normalized spacial score (nSPS) is 17.0. The van der Waals surface area contributed by atoms with Gasteiger partial charge in [0.05, 0.1) is 5.56 Å². The Labute approximate surface area is 111 Å². The Morgan fingerprint density at radius 2 is 1.79 bits per heavy atom. The third kappa shape index (κ3) is 4.13. The maximum Gasteiger partial charge on any atom is 0.416 e. The Bertz CT molecular complexity index is 423. The number of nitrogens with zero attached hydrogens (tertiary/aromatic N) is 1. The van der Waals surface area contributed by atoms with E-state index in [0.717, 1.165) is 32.1 Å². The highest BCUT2D eigenvalue weighted by Crippen LogP contribution is 2.31.